The Morgan fingerprint density at radius 3 is 2.25 bits per heavy atom. The Labute approximate surface area is 137 Å². The summed E-state index contributed by atoms with van der Waals surface area (Å²) in [5.41, 5.74) is 2.08. The molecule has 2 N–H and O–H groups in total. The number of esters is 1. The number of ether oxygens (including phenoxy) is 1. The molecule has 2 aromatic rings. The lowest BCUT2D eigenvalue weighted by Gasteiger charge is -2.17. The number of alkyl halides is 3. The van der Waals surface area contributed by atoms with Gasteiger partial charge in [-0.25, -0.2) is 13.6 Å². The number of anilines is 1. The van der Waals surface area contributed by atoms with E-state index in [1.807, 2.05) is 0 Å². The number of carbonyl (C=O) groups is 1. The van der Waals surface area contributed by atoms with Crippen LogP contribution in [0.4, 0.5) is 27.6 Å². The van der Waals surface area contributed by atoms with E-state index in [2.05, 4.69) is 4.74 Å². The topological polar surface area (TPSA) is 52.3 Å². The van der Waals surface area contributed by atoms with Gasteiger partial charge in [0.1, 0.15) is 11.6 Å². The van der Waals surface area contributed by atoms with Crippen LogP contribution < -0.4 is 5.73 Å². The van der Waals surface area contributed by atoms with Crippen molar-refractivity contribution in [2.24, 2.45) is 0 Å². The number of nitrogen functional groups attached to an aromatic ring is 1. The van der Waals surface area contributed by atoms with Gasteiger partial charge in [0.2, 0.25) is 0 Å². The van der Waals surface area contributed by atoms with Crippen molar-refractivity contribution < 1.29 is 31.5 Å². The van der Waals surface area contributed by atoms with Crippen LogP contribution in [0.25, 0.3) is 11.1 Å². The Balaban J connectivity index is 2.82. The molecule has 0 aliphatic carbocycles. The SMILES string of the molecule is COC(=O)c1cc(C(F)(F)F)c(-c2cc(Cl)c(F)cc2F)cc1N. The van der Waals surface area contributed by atoms with Crippen molar-refractivity contribution >= 4 is 23.3 Å². The zero-order valence-corrected chi connectivity index (χ0v) is 12.7. The lowest BCUT2D eigenvalue weighted by molar-refractivity contribution is -0.137. The van der Waals surface area contributed by atoms with Crippen LogP contribution in [-0.2, 0) is 10.9 Å². The van der Waals surface area contributed by atoms with Crippen LogP contribution in [0, 0.1) is 11.6 Å². The minimum atomic E-state index is -4.93. The Hall–Kier alpha value is -2.35. The summed E-state index contributed by atoms with van der Waals surface area (Å²) >= 11 is 5.52. The van der Waals surface area contributed by atoms with E-state index in [0.717, 1.165) is 13.2 Å². The Bertz CT molecular complexity index is 820. The lowest BCUT2D eigenvalue weighted by Crippen LogP contribution is -2.13. The highest BCUT2D eigenvalue weighted by Gasteiger charge is 2.36. The summed E-state index contributed by atoms with van der Waals surface area (Å²) in [4.78, 5) is 11.5. The summed E-state index contributed by atoms with van der Waals surface area (Å²) in [5, 5.41) is -0.560. The van der Waals surface area contributed by atoms with Crippen molar-refractivity contribution in [3.63, 3.8) is 0 Å². The van der Waals surface area contributed by atoms with Gasteiger partial charge in [-0.05, 0) is 23.8 Å². The number of nitrogens with two attached hydrogens (primary N) is 1. The molecule has 0 saturated heterocycles. The number of methoxy groups -OCH3 is 1. The Kier molecular flexibility index (Phi) is 4.70. The highest BCUT2D eigenvalue weighted by atomic mass is 35.5. The molecule has 0 heterocycles. The molecule has 0 amide bonds. The standard InChI is InChI=1S/C15H9ClF5NO2/c1-24-14(23)8-2-9(15(19,20)21)6(4-13(8)22)7-3-10(16)12(18)5-11(7)17/h2-5H,22H2,1H3. The maximum Gasteiger partial charge on any atom is 0.417 e. The summed E-state index contributed by atoms with van der Waals surface area (Å²) in [6.07, 6.45) is -4.93. The number of hydrogen-bond acceptors (Lipinski definition) is 3. The average Bonchev–Trinajstić information content (AvgIpc) is 2.48. The first-order valence-corrected chi connectivity index (χ1v) is 6.68. The van der Waals surface area contributed by atoms with Gasteiger partial charge in [-0.3, -0.25) is 0 Å². The summed E-state index contributed by atoms with van der Waals surface area (Å²) in [5.74, 6) is -3.46. The zero-order chi connectivity index (χ0) is 18.2. The fraction of sp³-hybridized carbons (Fsp3) is 0.133. The van der Waals surface area contributed by atoms with Crippen molar-refractivity contribution in [1.82, 2.24) is 0 Å². The quantitative estimate of drug-likeness (QED) is 0.364. The van der Waals surface area contributed by atoms with E-state index in [1.54, 1.807) is 0 Å². The Morgan fingerprint density at radius 1 is 1.08 bits per heavy atom. The molecule has 0 saturated carbocycles. The van der Waals surface area contributed by atoms with E-state index >= 15 is 0 Å². The molecule has 0 bridgehead atoms. The maximum atomic E-state index is 13.9. The fourth-order valence-electron chi connectivity index (χ4n) is 2.09. The third-order valence-corrected chi connectivity index (χ3v) is 3.49. The first kappa shape index (κ1) is 18.0. The van der Waals surface area contributed by atoms with E-state index in [0.29, 0.717) is 18.2 Å². The first-order chi connectivity index (χ1) is 11.1. The Morgan fingerprint density at radius 2 is 1.71 bits per heavy atom. The van der Waals surface area contributed by atoms with Crippen molar-refractivity contribution in [2.45, 2.75) is 6.18 Å². The summed E-state index contributed by atoms with van der Waals surface area (Å²) in [7, 11) is 0.975. The van der Waals surface area contributed by atoms with Gasteiger partial charge in [-0.1, -0.05) is 11.6 Å². The van der Waals surface area contributed by atoms with Crippen LogP contribution in [-0.4, -0.2) is 13.1 Å². The second-order valence-corrected chi connectivity index (χ2v) is 5.13. The van der Waals surface area contributed by atoms with Crippen LogP contribution >= 0.6 is 11.6 Å². The summed E-state index contributed by atoms with van der Waals surface area (Å²) in [6, 6.07) is 2.30. The molecule has 0 aliphatic rings. The van der Waals surface area contributed by atoms with Crippen molar-refractivity contribution in [1.29, 1.82) is 0 Å². The molecule has 9 heteroatoms. The number of rotatable bonds is 2. The monoisotopic (exact) mass is 365 g/mol. The second kappa shape index (κ2) is 6.27. The highest BCUT2D eigenvalue weighted by Crippen LogP contribution is 2.41. The minimum absolute atomic E-state index is 0.357. The average molecular weight is 366 g/mol. The largest absolute Gasteiger partial charge is 0.465 e. The molecule has 3 nitrogen and oxygen atoms in total. The van der Waals surface area contributed by atoms with Gasteiger partial charge >= 0.3 is 12.1 Å². The van der Waals surface area contributed by atoms with E-state index < -0.39 is 51.1 Å². The minimum Gasteiger partial charge on any atom is -0.465 e. The van der Waals surface area contributed by atoms with Gasteiger partial charge in [0, 0.05) is 17.3 Å². The predicted octanol–water partition coefficient (Wildman–Crippen LogP) is 4.67. The molecule has 2 aromatic carbocycles. The molecular weight excluding hydrogens is 357 g/mol. The maximum absolute atomic E-state index is 13.9. The molecule has 0 spiro atoms. The third-order valence-electron chi connectivity index (χ3n) is 3.20. The van der Waals surface area contributed by atoms with E-state index in [1.165, 1.54) is 0 Å². The number of carbonyl (C=O) groups excluding carboxylic acids is 1. The summed E-state index contributed by atoms with van der Waals surface area (Å²) in [6.45, 7) is 0. The molecule has 0 unspecified atom stereocenters. The molecule has 0 aromatic heterocycles. The van der Waals surface area contributed by atoms with Crippen molar-refractivity contribution in [2.75, 3.05) is 12.8 Å². The zero-order valence-electron chi connectivity index (χ0n) is 12.0. The molecule has 0 atom stereocenters. The van der Waals surface area contributed by atoms with Crippen LogP contribution in [0.2, 0.25) is 5.02 Å². The normalized spacial score (nSPS) is 11.5. The smallest absolute Gasteiger partial charge is 0.417 e. The van der Waals surface area contributed by atoms with E-state index in [-0.39, 0.29) is 5.69 Å². The van der Waals surface area contributed by atoms with Gasteiger partial charge in [-0.15, -0.1) is 0 Å². The van der Waals surface area contributed by atoms with Crippen molar-refractivity contribution in [3.05, 3.63) is 52.0 Å². The van der Waals surface area contributed by atoms with Crippen LogP contribution in [0.15, 0.2) is 24.3 Å². The molecule has 24 heavy (non-hydrogen) atoms. The fourth-order valence-corrected chi connectivity index (χ4v) is 2.25. The first-order valence-electron chi connectivity index (χ1n) is 6.30. The van der Waals surface area contributed by atoms with Gasteiger partial charge in [0.25, 0.3) is 0 Å². The number of halogens is 6. The molecular formula is C15H9ClF5NO2. The van der Waals surface area contributed by atoms with Crippen LogP contribution in [0.3, 0.4) is 0 Å². The summed E-state index contributed by atoms with van der Waals surface area (Å²) < 4.78 is 71.4. The highest BCUT2D eigenvalue weighted by molar-refractivity contribution is 6.31. The van der Waals surface area contributed by atoms with Gasteiger partial charge in [0.15, 0.2) is 0 Å². The van der Waals surface area contributed by atoms with E-state index in [9.17, 15) is 26.7 Å². The lowest BCUT2D eigenvalue weighted by atomic mass is 9.95. The number of hydrogen-bond donors (Lipinski definition) is 1. The van der Waals surface area contributed by atoms with Crippen LogP contribution in [0.5, 0.6) is 0 Å². The van der Waals surface area contributed by atoms with Gasteiger partial charge in [0.05, 0.1) is 23.3 Å². The molecule has 0 radical (unpaired) electrons. The van der Waals surface area contributed by atoms with Gasteiger partial charge < -0.3 is 10.5 Å². The molecule has 2 rings (SSSR count). The molecule has 0 aliphatic heterocycles. The molecule has 0 fully saturated rings. The van der Waals surface area contributed by atoms with E-state index in [4.69, 9.17) is 17.3 Å². The number of benzene rings is 2. The second-order valence-electron chi connectivity index (χ2n) is 4.72. The van der Waals surface area contributed by atoms with Crippen LogP contribution in [0.1, 0.15) is 15.9 Å². The van der Waals surface area contributed by atoms with Gasteiger partial charge in [-0.2, -0.15) is 13.2 Å². The molecule has 128 valence electrons. The van der Waals surface area contributed by atoms with Crippen molar-refractivity contribution in [3.8, 4) is 11.1 Å². The predicted molar refractivity (Wildman–Crippen MR) is 77.6 cm³/mol. The third kappa shape index (κ3) is 3.28.